The van der Waals surface area contributed by atoms with Gasteiger partial charge in [0.05, 0.1) is 0 Å². The Kier molecular flexibility index (Phi) is 8.15. The summed E-state index contributed by atoms with van der Waals surface area (Å²) in [6.45, 7) is 18.7. The Morgan fingerprint density at radius 1 is 0.706 bits per heavy atom. The lowest BCUT2D eigenvalue weighted by Crippen LogP contribution is -2.43. The molecule has 0 aromatic carbocycles. The van der Waals surface area contributed by atoms with Crippen LogP contribution in [-0.4, -0.2) is 49.5 Å². The number of hydrogen-bond acceptors (Lipinski definition) is 2. The van der Waals surface area contributed by atoms with E-state index in [9.17, 15) is 0 Å². The van der Waals surface area contributed by atoms with Crippen molar-refractivity contribution in [3.8, 4) is 0 Å². The summed E-state index contributed by atoms with van der Waals surface area (Å²) < 4.78 is 5.48. The first kappa shape index (κ1) is 17.6. The maximum absolute atomic E-state index is 2.74. The Hall–Kier alpha value is 0.567. The predicted molar refractivity (Wildman–Crippen MR) is 85.9 cm³/mol. The van der Waals surface area contributed by atoms with Crippen LogP contribution in [0.15, 0.2) is 0 Å². The van der Waals surface area contributed by atoms with E-state index in [1.54, 1.807) is 0 Å². The van der Waals surface area contributed by atoms with Gasteiger partial charge in [0.1, 0.15) is 0 Å². The van der Waals surface area contributed by atoms with Crippen molar-refractivity contribution in [2.75, 3.05) is 5.79 Å². The average Bonchev–Trinajstić information content (AvgIpc) is 2.13. The molecule has 17 heavy (non-hydrogen) atoms. The van der Waals surface area contributed by atoms with Gasteiger partial charge >= 0.3 is 0 Å². The molecule has 0 aliphatic carbocycles. The van der Waals surface area contributed by atoms with Crippen LogP contribution in [0.4, 0.5) is 0 Å². The smallest absolute Gasteiger partial charge is 0.0366 e. The second-order valence-corrected chi connectivity index (χ2v) is 10.0. The molecule has 0 aromatic rings. The lowest BCUT2D eigenvalue weighted by Gasteiger charge is -2.47. The number of nitrogens with zero attached hydrogens (tertiary/aromatic N) is 2. The van der Waals surface area contributed by atoms with Gasteiger partial charge in [0.15, 0.2) is 0 Å². The molecule has 0 N–H and O–H groups in total. The van der Waals surface area contributed by atoms with Gasteiger partial charge in [-0.3, -0.25) is 9.34 Å². The van der Waals surface area contributed by atoms with Crippen LogP contribution in [0.1, 0.15) is 55.4 Å². The molecule has 0 aliphatic rings. The normalized spacial score (nSPS) is 13.6. The highest BCUT2D eigenvalue weighted by molar-refractivity contribution is 7.54. The van der Waals surface area contributed by atoms with Gasteiger partial charge in [-0.1, -0.05) is 0 Å². The van der Waals surface area contributed by atoms with E-state index in [2.05, 4.69) is 64.7 Å². The minimum Gasteiger partial charge on any atom is -0.265 e. The van der Waals surface area contributed by atoms with Gasteiger partial charge in [-0.25, -0.2) is 0 Å². The Bertz CT molecular complexity index is 172. The SMILES string of the molecule is CC(C)N(C(C)C)P(C[SiH3])N(C(C)C)C(C)C. The predicted octanol–water partition coefficient (Wildman–Crippen LogP) is 2.86. The van der Waals surface area contributed by atoms with E-state index in [-0.39, 0.29) is 8.22 Å². The summed E-state index contributed by atoms with van der Waals surface area (Å²) in [6, 6.07) is 2.59. The first-order valence-corrected chi connectivity index (χ1v) is 9.92. The molecule has 0 fully saturated rings. The lowest BCUT2D eigenvalue weighted by atomic mass is 10.3. The Labute approximate surface area is 113 Å². The molecule has 0 amide bonds. The number of rotatable bonds is 7. The van der Waals surface area contributed by atoms with E-state index >= 15 is 0 Å². The Balaban J connectivity index is 5.11. The molecule has 0 saturated carbocycles. The van der Waals surface area contributed by atoms with Crippen LogP contribution in [-0.2, 0) is 0 Å². The quantitative estimate of drug-likeness (QED) is 0.521. The summed E-state index contributed by atoms with van der Waals surface area (Å²) in [5.41, 5.74) is 0. The summed E-state index contributed by atoms with van der Waals surface area (Å²) >= 11 is 0. The van der Waals surface area contributed by atoms with Crippen LogP contribution in [0.2, 0.25) is 0 Å². The maximum atomic E-state index is 2.74. The van der Waals surface area contributed by atoms with Crippen molar-refractivity contribution in [1.82, 2.24) is 9.34 Å². The van der Waals surface area contributed by atoms with E-state index < -0.39 is 0 Å². The monoisotopic (exact) mass is 276 g/mol. The van der Waals surface area contributed by atoms with Gasteiger partial charge in [-0.2, -0.15) is 0 Å². The molecule has 2 nitrogen and oxygen atoms in total. The zero-order chi connectivity index (χ0) is 13.7. The van der Waals surface area contributed by atoms with Gasteiger partial charge in [-0.05, 0) is 61.2 Å². The molecule has 0 atom stereocenters. The van der Waals surface area contributed by atoms with Crippen molar-refractivity contribution >= 4 is 18.5 Å². The molecule has 0 spiro atoms. The molecule has 0 aromatic heterocycles. The molecule has 0 bridgehead atoms. The standard InChI is InChI=1S/C13H33N2PSi/c1-10(2)14(11(3)4)16(9-17)15(12(5)6)13(7)8/h10-13H,9H2,1-8,17H3. The lowest BCUT2D eigenvalue weighted by molar-refractivity contribution is 0.258. The molecular weight excluding hydrogens is 243 g/mol. The van der Waals surface area contributed by atoms with Crippen molar-refractivity contribution in [3.63, 3.8) is 0 Å². The van der Waals surface area contributed by atoms with E-state index in [0.29, 0.717) is 24.2 Å². The second-order valence-electron chi connectivity index (χ2n) is 5.82. The van der Waals surface area contributed by atoms with Crippen LogP contribution in [0, 0.1) is 0 Å². The summed E-state index contributed by atoms with van der Waals surface area (Å²) in [4.78, 5) is 0. The molecule has 0 saturated heterocycles. The Morgan fingerprint density at radius 3 is 1.06 bits per heavy atom. The largest absolute Gasteiger partial charge is 0.265 e. The highest BCUT2D eigenvalue weighted by Gasteiger charge is 2.30. The topological polar surface area (TPSA) is 6.48 Å². The average molecular weight is 276 g/mol. The third-order valence-electron chi connectivity index (χ3n) is 2.93. The van der Waals surface area contributed by atoms with Crippen LogP contribution in [0.25, 0.3) is 0 Å². The molecule has 104 valence electrons. The number of hydrogen-bond donors (Lipinski definition) is 0. The second kappa shape index (κ2) is 7.88. The van der Waals surface area contributed by atoms with Crippen molar-refractivity contribution in [2.24, 2.45) is 0 Å². The molecule has 4 heteroatoms. The zero-order valence-corrected chi connectivity index (χ0v) is 16.3. The molecule has 0 heterocycles. The summed E-state index contributed by atoms with van der Waals surface area (Å²) in [5, 5.41) is 0. The van der Waals surface area contributed by atoms with Crippen molar-refractivity contribution in [3.05, 3.63) is 0 Å². The van der Waals surface area contributed by atoms with Crippen LogP contribution >= 0.6 is 8.22 Å². The minimum absolute atomic E-state index is 0.115. The van der Waals surface area contributed by atoms with Gasteiger partial charge in [0.2, 0.25) is 0 Å². The van der Waals surface area contributed by atoms with Gasteiger partial charge in [-0.15, -0.1) is 0 Å². The van der Waals surface area contributed by atoms with Crippen LogP contribution in [0.3, 0.4) is 0 Å². The van der Waals surface area contributed by atoms with Crippen LogP contribution < -0.4 is 0 Å². The van der Waals surface area contributed by atoms with Crippen molar-refractivity contribution in [2.45, 2.75) is 79.6 Å². The minimum atomic E-state index is -0.115. The third-order valence-corrected chi connectivity index (χ3v) is 8.11. The fourth-order valence-corrected chi connectivity index (χ4v) is 7.69. The van der Waals surface area contributed by atoms with Crippen molar-refractivity contribution < 1.29 is 0 Å². The first-order valence-electron chi connectivity index (χ1n) is 7.07. The maximum Gasteiger partial charge on any atom is 0.0366 e. The highest BCUT2D eigenvalue weighted by atomic mass is 31.1. The van der Waals surface area contributed by atoms with E-state index in [1.807, 2.05) is 0 Å². The summed E-state index contributed by atoms with van der Waals surface area (Å²) in [6.07, 6.45) is 0. The van der Waals surface area contributed by atoms with Gasteiger partial charge in [0.25, 0.3) is 0 Å². The first-order chi connectivity index (χ1) is 7.73. The molecule has 0 aliphatic heterocycles. The van der Waals surface area contributed by atoms with Gasteiger partial charge in [0, 0.05) is 42.6 Å². The van der Waals surface area contributed by atoms with Crippen LogP contribution in [0.5, 0.6) is 0 Å². The Morgan fingerprint density at radius 2 is 0.941 bits per heavy atom. The fourth-order valence-electron chi connectivity index (χ4n) is 2.70. The van der Waals surface area contributed by atoms with E-state index in [4.69, 9.17) is 0 Å². The third kappa shape index (κ3) is 4.98. The van der Waals surface area contributed by atoms with E-state index in [1.165, 1.54) is 16.0 Å². The van der Waals surface area contributed by atoms with Gasteiger partial charge < -0.3 is 0 Å². The molecule has 0 radical (unpaired) electrons. The van der Waals surface area contributed by atoms with E-state index in [0.717, 1.165) is 0 Å². The molecular formula is C13H33N2PSi. The summed E-state index contributed by atoms with van der Waals surface area (Å²) in [7, 11) is 1.18. The molecule has 0 rings (SSSR count). The fraction of sp³-hybridized carbons (Fsp3) is 1.00. The summed E-state index contributed by atoms with van der Waals surface area (Å²) in [5.74, 6) is 1.39. The molecule has 0 unspecified atom stereocenters. The zero-order valence-electron chi connectivity index (χ0n) is 13.4. The van der Waals surface area contributed by atoms with Crippen molar-refractivity contribution in [1.29, 1.82) is 0 Å². The highest BCUT2D eigenvalue weighted by Crippen LogP contribution is 2.48.